The van der Waals surface area contributed by atoms with Gasteiger partial charge < -0.3 is 9.73 Å². The number of nitrogens with one attached hydrogen (secondary N) is 2. The van der Waals surface area contributed by atoms with Crippen LogP contribution in [0.5, 0.6) is 0 Å². The summed E-state index contributed by atoms with van der Waals surface area (Å²) in [6, 6.07) is 6.74. The molecule has 1 aromatic carbocycles. The Bertz CT molecular complexity index is 565. The van der Waals surface area contributed by atoms with Gasteiger partial charge in [0.15, 0.2) is 0 Å². The number of rotatable bonds is 2. The average Bonchev–Trinajstić information content (AvgIpc) is 2.80. The molecule has 1 aromatic heterocycles. The van der Waals surface area contributed by atoms with E-state index in [2.05, 4.69) is 10.6 Å². The molecule has 0 aliphatic heterocycles. The first-order valence-electron chi connectivity index (χ1n) is 5.24. The van der Waals surface area contributed by atoms with Crippen molar-refractivity contribution in [1.29, 1.82) is 0 Å². The fourth-order valence-corrected chi connectivity index (χ4v) is 1.40. The number of carbonyl (C=O) groups is 1. The maximum atomic E-state index is 12.5. The van der Waals surface area contributed by atoms with Gasteiger partial charge in [0.1, 0.15) is 0 Å². The smallest absolute Gasteiger partial charge is 0.416 e. The Kier molecular flexibility index (Phi) is 3.46. The van der Waals surface area contributed by atoms with Crippen molar-refractivity contribution in [3.8, 4) is 0 Å². The average molecular weight is 270 g/mol. The van der Waals surface area contributed by atoms with Crippen molar-refractivity contribution < 1.29 is 22.4 Å². The number of urea groups is 1. The summed E-state index contributed by atoms with van der Waals surface area (Å²) in [5, 5.41) is 4.61. The summed E-state index contributed by atoms with van der Waals surface area (Å²) in [5.41, 5.74) is -0.790. The molecule has 0 aliphatic carbocycles. The summed E-state index contributed by atoms with van der Waals surface area (Å²) in [6.45, 7) is 0. The van der Waals surface area contributed by atoms with Crippen molar-refractivity contribution >= 4 is 17.6 Å². The number of hydrogen-bond donors (Lipinski definition) is 2. The number of benzene rings is 1. The Balaban J connectivity index is 2.05. The van der Waals surface area contributed by atoms with Crippen LogP contribution in [0.1, 0.15) is 5.56 Å². The van der Waals surface area contributed by atoms with Gasteiger partial charge in [0.25, 0.3) is 0 Å². The fraction of sp³-hybridized carbons (Fsp3) is 0.0833. The minimum Gasteiger partial charge on any atom is -0.449 e. The summed E-state index contributed by atoms with van der Waals surface area (Å²) in [7, 11) is 0. The second-order valence-electron chi connectivity index (χ2n) is 3.63. The van der Waals surface area contributed by atoms with Crippen LogP contribution in [0.4, 0.5) is 29.5 Å². The van der Waals surface area contributed by atoms with E-state index in [-0.39, 0.29) is 11.6 Å². The van der Waals surface area contributed by atoms with E-state index in [1.807, 2.05) is 0 Å². The number of furan rings is 1. The lowest BCUT2D eigenvalue weighted by Crippen LogP contribution is -2.19. The van der Waals surface area contributed by atoms with Crippen LogP contribution in [0, 0.1) is 0 Å². The zero-order chi connectivity index (χ0) is 13.9. The lowest BCUT2D eigenvalue weighted by molar-refractivity contribution is -0.137. The van der Waals surface area contributed by atoms with E-state index < -0.39 is 17.8 Å². The minimum absolute atomic E-state index is 0.0406. The molecule has 0 unspecified atom stereocenters. The summed E-state index contributed by atoms with van der Waals surface area (Å²) in [6.07, 6.45) is -3.09. The van der Waals surface area contributed by atoms with Gasteiger partial charge in [0.05, 0.1) is 11.8 Å². The van der Waals surface area contributed by atoms with Gasteiger partial charge in [-0.15, -0.1) is 0 Å². The molecule has 7 heteroatoms. The first-order chi connectivity index (χ1) is 8.95. The van der Waals surface area contributed by atoms with E-state index in [1.54, 1.807) is 6.07 Å². The highest BCUT2D eigenvalue weighted by Crippen LogP contribution is 2.30. The third kappa shape index (κ3) is 3.51. The molecular weight excluding hydrogens is 261 g/mol. The summed E-state index contributed by atoms with van der Waals surface area (Å²) >= 11 is 0. The Hall–Kier alpha value is -2.44. The normalized spacial score (nSPS) is 11.1. The number of alkyl halides is 3. The molecule has 0 saturated carbocycles. The molecular formula is C12H9F3N2O2. The molecule has 1 heterocycles. The van der Waals surface area contributed by atoms with E-state index in [9.17, 15) is 18.0 Å². The number of anilines is 2. The molecule has 2 amide bonds. The molecule has 4 nitrogen and oxygen atoms in total. The second-order valence-corrected chi connectivity index (χ2v) is 3.63. The quantitative estimate of drug-likeness (QED) is 0.868. The van der Waals surface area contributed by atoms with Gasteiger partial charge in [-0.2, -0.15) is 13.2 Å². The Morgan fingerprint density at radius 2 is 1.89 bits per heavy atom. The van der Waals surface area contributed by atoms with E-state index in [0.717, 1.165) is 12.1 Å². The Labute approximate surface area is 106 Å². The number of hydrogen-bond acceptors (Lipinski definition) is 2. The zero-order valence-electron chi connectivity index (χ0n) is 9.49. The molecule has 0 saturated heterocycles. The van der Waals surface area contributed by atoms with Crippen molar-refractivity contribution in [1.82, 2.24) is 0 Å². The van der Waals surface area contributed by atoms with Crippen LogP contribution in [-0.2, 0) is 6.18 Å². The van der Waals surface area contributed by atoms with E-state index in [1.165, 1.54) is 24.5 Å². The molecule has 0 aliphatic rings. The van der Waals surface area contributed by atoms with E-state index in [4.69, 9.17) is 4.42 Å². The van der Waals surface area contributed by atoms with Crippen LogP contribution in [0.15, 0.2) is 47.1 Å². The van der Waals surface area contributed by atoms with Crippen molar-refractivity contribution in [3.63, 3.8) is 0 Å². The minimum atomic E-state index is -4.45. The number of amides is 2. The van der Waals surface area contributed by atoms with Crippen molar-refractivity contribution in [2.24, 2.45) is 0 Å². The predicted molar refractivity (Wildman–Crippen MR) is 62.8 cm³/mol. The summed E-state index contributed by atoms with van der Waals surface area (Å²) in [5.74, 6) is 0.199. The number of carbonyl (C=O) groups excluding carboxylic acids is 1. The topological polar surface area (TPSA) is 54.3 Å². The number of halogens is 3. The molecule has 0 atom stereocenters. The van der Waals surface area contributed by atoms with Gasteiger partial charge in [-0.05, 0) is 24.3 Å². The van der Waals surface area contributed by atoms with Crippen LogP contribution in [-0.4, -0.2) is 6.03 Å². The maximum Gasteiger partial charge on any atom is 0.416 e. The first-order valence-corrected chi connectivity index (χ1v) is 5.24. The van der Waals surface area contributed by atoms with Crippen LogP contribution in [0.25, 0.3) is 0 Å². The molecule has 100 valence electrons. The van der Waals surface area contributed by atoms with Gasteiger partial charge in [-0.25, -0.2) is 4.79 Å². The Morgan fingerprint density at radius 1 is 1.11 bits per heavy atom. The van der Waals surface area contributed by atoms with Crippen LogP contribution in [0.3, 0.4) is 0 Å². The molecule has 2 rings (SSSR count). The SMILES string of the molecule is O=C(Nc1cccc(C(F)(F)F)c1)Nc1ccco1. The van der Waals surface area contributed by atoms with Gasteiger partial charge in [-0.1, -0.05) is 6.07 Å². The maximum absolute atomic E-state index is 12.5. The van der Waals surface area contributed by atoms with Crippen LogP contribution in [0.2, 0.25) is 0 Å². The second kappa shape index (κ2) is 5.05. The summed E-state index contributed by atoms with van der Waals surface area (Å²) in [4.78, 5) is 11.5. The first kappa shape index (κ1) is 13.0. The lowest BCUT2D eigenvalue weighted by atomic mass is 10.2. The van der Waals surface area contributed by atoms with E-state index >= 15 is 0 Å². The molecule has 0 radical (unpaired) electrons. The third-order valence-electron chi connectivity index (χ3n) is 2.21. The molecule has 2 aromatic rings. The fourth-order valence-electron chi connectivity index (χ4n) is 1.40. The van der Waals surface area contributed by atoms with Gasteiger partial charge in [0.2, 0.25) is 5.88 Å². The highest BCUT2D eigenvalue weighted by atomic mass is 19.4. The Morgan fingerprint density at radius 3 is 2.53 bits per heavy atom. The van der Waals surface area contributed by atoms with Gasteiger partial charge in [0, 0.05) is 11.8 Å². The van der Waals surface area contributed by atoms with Crippen molar-refractivity contribution in [2.45, 2.75) is 6.18 Å². The highest BCUT2D eigenvalue weighted by Gasteiger charge is 2.30. The van der Waals surface area contributed by atoms with Crippen molar-refractivity contribution in [2.75, 3.05) is 10.6 Å². The van der Waals surface area contributed by atoms with Gasteiger partial charge in [-0.3, -0.25) is 5.32 Å². The van der Waals surface area contributed by atoms with E-state index in [0.29, 0.717) is 0 Å². The standard InChI is InChI=1S/C12H9F3N2O2/c13-12(14,15)8-3-1-4-9(7-8)16-11(18)17-10-5-2-6-19-10/h1-7H,(H2,16,17,18). The largest absolute Gasteiger partial charge is 0.449 e. The summed E-state index contributed by atoms with van der Waals surface area (Å²) < 4.78 is 42.3. The lowest BCUT2D eigenvalue weighted by Gasteiger charge is -2.09. The van der Waals surface area contributed by atoms with Crippen molar-refractivity contribution in [3.05, 3.63) is 48.2 Å². The van der Waals surface area contributed by atoms with Crippen LogP contribution >= 0.6 is 0 Å². The predicted octanol–water partition coefficient (Wildman–Crippen LogP) is 3.94. The molecule has 19 heavy (non-hydrogen) atoms. The molecule has 2 N–H and O–H groups in total. The zero-order valence-corrected chi connectivity index (χ0v) is 9.49. The molecule has 0 fully saturated rings. The van der Waals surface area contributed by atoms with Crippen LogP contribution < -0.4 is 10.6 Å². The molecule has 0 bridgehead atoms. The monoisotopic (exact) mass is 270 g/mol. The third-order valence-corrected chi connectivity index (χ3v) is 2.21. The molecule has 0 spiro atoms. The van der Waals surface area contributed by atoms with Gasteiger partial charge >= 0.3 is 12.2 Å². The highest BCUT2D eigenvalue weighted by molar-refractivity contribution is 5.98.